The maximum absolute atomic E-state index is 12.7. The van der Waals surface area contributed by atoms with Crippen LogP contribution in [0.2, 0.25) is 0 Å². The van der Waals surface area contributed by atoms with Gasteiger partial charge < -0.3 is 14.2 Å². The molecule has 34 heavy (non-hydrogen) atoms. The molecule has 178 valence electrons. The molecule has 3 aromatic rings. The van der Waals surface area contributed by atoms with Gasteiger partial charge in [0.25, 0.3) is 0 Å². The van der Waals surface area contributed by atoms with Crippen molar-refractivity contribution in [1.29, 1.82) is 0 Å². The van der Waals surface area contributed by atoms with Crippen molar-refractivity contribution in [3.8, 4) is 28.4 Å². The van der Waals surface area contributed by atoms with Gasteiger partial charge in [0, 0.05) is 26.2 Å². The summed E-state index contributed by atoms with van der Waals surface area (Å²) in [5.74, 6) is 2.37. The van der Waals surface area contributed by atoms with E-state index >= 15 is 0 Å². The highest BCUT2D eigenvalue weighted by molar-refractivity contribution is 7.89. The minimum atomic E-state index is -3.53. The third-order valence-corrected chi connectivity index (χ3v) is 7.50. The van der Waals surface area contributed by atoms with Crippen LogP contribution in [0.5, 0.6) is 17.2 Å². The zero-order valence-electron chi connectivity index (χ0n) is 18.9. The fraction of sp³-hybridized carbons (Fsp3) is 0.308. The summed E-state index contributed by atoms with van der Waals surface area (Å²) in [5, 5.41) is 0. The first-order chi connectivity index (χ1) is 16.6. The SMILES string of the molecule is O=S(=O)(NCC1CN(CCOc2cccc3c2OCCO3)C1)c1ccc(-c2ccccc2)cc1. The highest BCUT2D eigenvalue weighted by atomic mass is 32.2. The lowest BCUT2D eigenvalue weighted by Gasteiger charge is -2.39. The summed E-state index contributed by atoms with van der Waals surface area (Å²) in [6, 6.07) is 22.6. The van der Waals surface area contributed by atoms with Crippen molar-refractivity contribution in [3.63, 3.8) is 0 Å². The molecule has 1 saturated heterocycles. The number of likely N-dealkylation sites (tertiary alicyclic amines) is 1. The molecule has 8 heteroatoms. The summed E-state index contributed by atoms with van der Waals surface area (Å²) < 4.78 is 45.3. The van der Waals surface area contributed by atoms with Gasteiger partial charge in [0.1, 0.15) is 19.8 Å². The zero-order chi connectivity index (χ0) is 23.4. The van der Waals surface area contributed by atoms with Crippen LogP contribution in [-0.4, -0.2) is 59.3 Å². The van der Waals surface area contributed by atoms with Crippen LogP contribution in [0.1, 0.15) is 0 Å². The monoisotopic (exact) mass is 480 g/mol. The van der Waals surface area contributed by atoms with Crippen molar-refractivity contribution in [2.24, 2.45) is 5.92 Å². The molecule has 2 heterocycles. The first-order valence-corrected chi connectivity index (χ1v) is 13.0. The van der Waals surface area contributed by atoms with E-state index in [1.807, 2.05) is 60.7 Å². The summed E-state index contributed by atoms with van der Waals surface area (Å²) in [5.41, 5.74) is 2.05. The Morgan fingerprint density at radius 2 is 1.62 bits per heavy atom. The van der Waals surface area contributed by atoms with E-state index in [-0.39, 0.29) is 4.90 Å². The molecule has 0 atom stereocenters. The Balaban J connectivity index is 1.05. The van der Waals surface area contributed by atoms with Crippen LogP contribution in [0.4, 0.5) is 0 Å². The maximum atomic E-state index is 12.7. The number of hydrogen-bond donors (Lipinski definition) is 1. The largest absolute Gasteiger partial charge is 0.488 e. The molecule has 2 aliphatic heterocycles. The molecule has 2 aliphatic rings. The summed E-state index contributed by atoms with van der Waals surface area (Å²) in [6.07, 6.45) is 0. The second-order valence-electron chi connectivity index (χ2n) is 8.50. The van der Waals surface area contributed by atoms with Gasteiger partial charge in [-0.3, -0.25) is 4.90 Å². The van der Waals surface area contributed by atoms with Crippen LogP contribution in [-0.2, 0) is 10.0 Å². The summed E-state index contributed by atoms with van der Waals surface area (Å²) in [6.45, 7) is 4.48. The maximum Gasteiger partial charge on any atom is 0.240 e. The van der Waals surface area contributed by atoms with E-state index in [2.05, 4.69) is 9.62 Å². The quantitative estimate of drug-likeness (QED) is 0.506. The lowest BCUT2D eigenvalue weighted by atomic mass is 10.0. The molecule has 0 aliphatic carbocycles. The van der Waals surface area contributed by atoms with Gasteiger partial charge in [-0.25, -0.2) is 13.1 Å². The van der Waals surface area contributed by atoms with E-state index in [1.165, 1.54) is 0 Å². The van der Waals surface area contributed by atoms with Gasteiger partial charge in [0.2, 0.25) is 15.8 Å². The van der Waals surface area contributed by atoms with Crippen molar-refractivity contribution in [2.45, 2.75) is 4.90 Å². The topological polar surface area (TPSA) is 77.1 Å². The second-order valence-corrected chi connectivity index (χ2v) is 10.3. The smallest absolute Gasteiger partial charge is 0.240 e. The average molecular weight is 481 g/mol. The number of sulfonamides is 1. The molecule has 3 aromatic carbocycles. The second kappa shape index (κ2) is 10.0. The number of nitrogens with one attached hydrogen (secondary N) is 1. The summed E-state index contributed by atoms with van der Waals surface area (Å²) >= 11 is 0. The van der Waals surface area contributed by atoms with Crippen LogP contribution in [0.15, 0.2) is 77.7 Å². The van der Waals surface area contributed by atoms with Gasteiger partial charge in [-0.05, 0) is 41.3 Å². The standard InChI is InChI=1S/C26H28N2O5S/c29-34(30,23-11-9-22(10-12-23)21-5-2-1-3-6-21)27-17-20-18-28(19-20)13-14-31-24-7-4-8-25-26(24)33-16-15-32-25/h1-12,20,27H,13-19H2. The van der Waals surface area contributed by atoms with Crippen molar-refractivity contribution in [2.75, 3.05) is 46.0 Å². The predicted octanol–water partition coefficient (Wildman–Crippen LogP) is 3.41. The number of nitrogens with zero attached hydrogens (tertiary/aromatic N) is 1. The molecular weight excluding hydrogens is 452 g/mol. The van der Waals surface area contributed by atoms with E-state index in [4.69, 9.17) is 14.2 Å². The molecule has 0 aromatic heterocycles. The Morgan fingerprint density at radius 1 is 0.882 bits per heavy atom. The zero-order valence-corrected chi connectivity index (χ0v) is 19.7. The third kappa shape index (κ3) is 5.19. The van der Waals surface area contributed by atoms with Gasteiger partial charge in [-0.2, -0.15) is 0 Å². The van der Waals surface area contributed by atoms with Crippen molar-refractivity contribution in [1.82, 2.24) is 9.62 Å². The fourth-order valence-electron chi connectivity index (χ4n) is 4.20. The van der Waals surface area contributed by atoms with Crippen LogP contribution in [0.25, 0.3) is 11.1 Å². The third-order valence-electron chi connectivity index (χ3n) is 6.06. The molecule has 0 amide bonds. The summed E-state index contributed by atoms with van der Waals surface area (Å²) in [4.78, 5) is 2.54. The molecule has 0 bridgehead atoms. The number of ether oxygens (including phenoxy) is 3. The minimum absolute atomic E-state index is 0.286. The van der Waals surface area contributed by atoms with Crippen LogP contribution in [0, 0.1) is 5.92 Å². The normalized spacial score (nSPS) is 16.1. The molecule has 7 nitrogen and oxygen atoms in total. The first-order valence-electron chi connectivity index (χ1n) is 11.5. The minimum Gasteiger partial charge on any atom is -0.488 e. The van der Waals surface area contributed by atoms with Crippen LogP contribution < -0.4 is 18.9 Å². The van der Waals surface area contributed by atoms with Crippen molar-refractivity contribution in [3.05, 3.63) is 72.8 Å². The Kier molecular flexibility index (Phi) is 6.71. The predicted molar refractivity (Wildman–Crippen MR) is 130 cm³/mol. The fourth-order valence-corrected chi connectivity index (χ4v) is 5.32. The molecule has 1 fully saturated rings. The Bertz CT molecular complexity index is 1210. The molecule has 0 unspecified atom stereocenters. The number of rotatable bonds is 9. The average Bonchev–Trinajstić information content (AvgIpc) is 2.85. The summed E-state index contributed by atoms with van der Waals surface area (Å²) in [7, 11) is -3.53. The lowest BCUT2D eigenvalue weighted by Crippen LogP contribution is -2.52. The Hall–Kier alpha value is -3.07. The van der Waals surface area contributed by atoms with Crippen molar-refractivity contribution >= 4 is 10.0 Å². The van der Waals surface area contributed by atoms with E-state index in [1.54, 1.807) is 12.1 Å². The van der Waals surface area contributed by atoms with Gasteiger partial charge in [-0.1, -0.05) is 48.5 Å². The van der Waals surface area contributed by atoms with Gasteiger partial charge in [0.05, 0.1) is 4.90 Å². The number of para-hydroxylation sites is 1. The van der Waals surface area contributed by atoms with Gasteiger partial charge >= 0.3 is 0 Å². The lowest BCUT2D eigenvalue weighted by molar-refractivity contribution is 0.0835. The molecule has 0 radical (unpaired) electrons. The molecule has 5 rings (SSSR count). The number of hydrogen-bond acceptors (Lipinski definition) is 6. The molecule has 0 spiro atoms. The molecule has 1 N–H and O–H groups in total. The first kappa shape index (κ1) is 22.7. The van der Waals surface area contributed by atoms with E-state index in [0.29, 0.717) is 43.8 Å². The Labute approximate surface area is 200 Å². The van der Waals surface area contributed by atoms with Crippen LogP contribution in [0.3, 0.4) is 0 Å². The number of benzene rings is 3. The van der Waals surface area contributed by atoms with E-state index < -0.39 is 10.0 Å². The van der Waals surface area contributed by atoms with E-state index in [9.17, 15) is 8.42 Å². The van der Waals surface area contributed by atoms with Gasteiger partial charge in [0.15, 0.2) is 11.5 Å². The Morgan fingerprint density at radius 3 is 2.41 bits per heavy atom. The molecular formula is C26H28N2O5S. The van der Waals surface area contributed by atoms with Crippen molar-refractivity contribution < 1.29 is 22.6 Å². The highest BCUT2D eigenvalue weighted by Crippen LogP contribution is 2.38. The van der Waals surface area contributed by atoms with E-state index in [0.717, 1.165) is 36.5 Å². The molecule has 0 saturated carbocycles. The number of fused-ring (bicyclic) bond motifs is 1. The van der Waals surface area contributed by atoms with Gasteiger partial charge in [-0.15, -0.1) is 0 Å². The highest BCUT2D eigenvalue weighted by Gasteiger charge is 2.28. The van der Waals surface area contributed by atoms with Crippen LogP contribution >= 0.6 is 0 Å².